The van der Waals surface area contributed by atoms with Gasteiger partial charge in [0.15, 0.2) is 0 Å². The SMILES string of the molecule is CCN(c1cc(-c2ccc(OCCCOCC(=O)N[C@H](C(=O)N3C[C@H](O)C[C@H]3C(=O)NCc3ccc(-c4scnc4C)cc3)C(C)(C)C)cc2)cc(C(=O)NCC2C(=O)NC(C)CC2C)c1C)C1CCOCC1. The van der Waals surface area contributed by atoms with Gasteiger partial charge in [0.05, 0.1) is 41.3 Å². The van der Waals surface area contributed by atoms with Gasteiger partial charge in [0.1, 0.15) is 24.4 Å². The average molecular weight is 1020 g/mol. The van der Waals surface area contributed by atoms with Crippen LogP contribution in [0.1, 0.15) is 101 Å². The van der Waals surface area contributed by atoms with E-state index < -0.39 is 35.4 Å². The Kier molecular flexibility index (Phi) is 18.7. The predicted molar refractivity (Wildman–Crippen MR) is 283 cm³/mol. The molecule has 0 radical (unpaired) electrons. The highest BCUT2D eigenvalue weighted by molar-refractivity contribution is 7.13. The molecule has 1 aromatic heterocycles. The summed E-state index contributed by atoms with van der Waals surface area (Å²) in [6.45, 7) is 18.6. The molecule has 16 nitrogen and oxygen atoms in total. The van der Waals surface area contributed by atoms with Crippen LogP contribution in [0.2, 0.25) is 0 Å². The molecule has 3 aromatic carbocycles. The molecule has 3 aliphatic heterocycles. The standard InChI is InChI=1S/C56H75N7O9S/c1-9-62(42-19-23-70-24-20-42)47-27-41(26-45(36(47)4)52(66)58-30-46-34(2)25-35(3)60-53(46)67)39-15-17-44(18-16-39)72-22-10-21-71-32-49(65)61-51(56(6,7)8)55(69)63-31-43(64)28-48(63)54(68)57-29-38-11-13-40(14-12-38)50-37(5)59-33-73-50/h11-18,26-27,33-35,42-43,46,48,51,64H,9-10,19-25,28-32H2,1-8H3,(H,57,68)(H,58,66)(H,60,67)(H,61,65)/t34?,35?,43-,46?,48+,51-/m1/s1. The largest absolute Gasteiger partial charge is 0.494 e. The number of benzene rings is 3. The summed E-state index contributed by atoms with van der Waals surface area (Å²) in [6, 6.07) is 18.2. The van der Waals surface area contributed by atoms with Gasteiger partial charge in [0.2, 0.25) is 23.6 Å². The quantitative estimate of drug-likeness (QED) is 0.0599. The third kappa shape index (κ3) is 14.0. The maximum Gasteiger partial charge on any atom is 0.251 e. The zero-order valence-electron chi connectivity index (χ0n) is 43.8. The first kappa shape index (κ1) is 54.9. The van der Waals surface area contributed by atoms with Crippen LogP contribution in [0, 0.1) is 31.1 Å². The number of ether oxygens (including phenoxy) is 3. The van der Waals surface area contributed by atoms with Crippen molar-refractivity contribution in [2.24, 2.45) is 17.3 Å². The van der Waals surface area contributed by atoms with E-state index in [1.54, 1.807) is 11.3 Å². The van der Waals surface area contributed by atoms with E-state index in [2.05, 4.69) is 51.1 Å². The van der Waals surface area contributed by atoms with Crippen molar-refractivity contribution < 1.29 is 43.3 Å². The number of carbonyl (C=O) groups is 5. The number of hydrogen-bond donors (Lipinski definition) is 5. The van der Waals surface area contributed by atoms with E-state index in [1.807, 2.05) is 102 Å². The van der Waals surface area contributed by atoms with Crippen LogP contribution in [0.4, 0.5) is 5.69 Å². The summed E-state index contributed by atoms with van der Waals surface area (Å²) in [4.78, 5) is 76.9. The topological polar surface area (TPSA) is 201 Å². The molecule has 4 aromatic rings. The van der Waals surface area contributed by atoms with Crippen LogP contribution < -0.4 is 30.9 Å². The molecule has 3 saturated heterocycles. The molecule has 4 heterocycles. The summed E-state index contributed by atoms with van der Waals surface area (Å²) in [6.07, 6.45) is 2.37. The molecule has 0 aliphatic carbocycles. The second-order valence-electron chi connectivity index (χ2n) is 21.0. The third-order valence-corrected chi connectivity index (χ3v) is 15.3. The number of β-amino-alcohol motifs (C(OH)–C–C–N with tert-alkyl or cyclic N) is 1. The van der Waals surface area contributed by atoms with Gasteiger partial charge in [-0.2, -0.15) is 0 Å². The monoisotopic (exact) mass is 1020 g/mol. The molecule has 7 rings (SSSR count). The van der Waals surface area contributed by atoms with Crippen molar-refractivity contribution in [2.75, 3.05) is 57.6 Å². The number of aryl methyl sites for hydroxylation is 1. The van der Waals surface area contributed by atoms with Gasteiger partial charge in [-0.1, -0.05) is 64.1 Å². The second-order valence-corrected chi connectivity index (χ2v) is 21.8. The van der Waals surface area contributed by atoms with Crippen LogP contribution in [-0.2, 0) is 35.2 Å². The summed E-state index contributed by atoms with van der Waals surface area (Å²) in [5.41, 5.74) is 8.27. The Morgan fingerprint density at radius 3 is 2.33 bits per heavy atom. The summed E-state index contributed by atoms with van der Waals surface area (Å²) in [5, 5.41) is 22.5. The fourth-order valence-corrected chi connectivity index (χ4v) is 11.1. The van der Waals surface area contributed by atoms with Crippen molar-refractivity contribution in [3.63, 3.8) is 0 Å². The van der Waals surface area contributed by atoms with Crippen molar-refractivity contribution in [1.29, 1.82) is 0 Å². The van der Waals surface area contributed by atoms with E-state index in [0.717, 1.165) is 69.9 Å². The molecular formula is C56H75N7O9S. The second kappa shape index (κ2) is 24.9. The number of anilines is 1. The first-order valence-electron chi connectivity index (χ1n) is 25.8. The third-order valence-electron chi connectivity index (χ3n) is 14.4. The van der Waals surface area contributed by atoms with Crippen molar-refractivity contribution >= 4 is 46.6 Å². The Balaban J connectivity index is 0.902. The number of hydrogen-bond acceptors (Lipinski definition) is 12. The lowest BCUT2D eigenvalue weighted by Crippen LogP contribution is -2.58. The molecule has 3 fully saturated rings. The highest BCUT2D eigenvalue weighted by Gasteiger charge is 2.44. The van der Waals surface area contributed by atoms with E-state index in [9.17, 15) is 29.1 Å². The number of nitrogens with one attached hydrogen (secondary N) is 4. The smallest absolute Gasteiger partial charge is 0.251 e. The van der Waals surface area contributed by atoms with Gasteiger partial charge in [-0.3, -0.25) is 24.0 Å². The van der Waals surface area contributed by atoms with E-state index in [0.29, 0.717) is 37.6 Å². The zero-order chi connectivity index (χ0) is 52.4. The number of amides is 5. The zero-order valence-corrected chi connectivity index (χ0v) is 44.6. The lowest BCUT2D eigenvalue weighted by atomic mass is 9.84. The Labute approximate surface area is 434 Å². The molecule has 0 spiro atoms. The predicted octanol–water partition coefficient (Wildman–Crippen LogP) is 6.58. The minimum Gasteiger partial charge on any atom is -0.494 e. The van der Waals surface area contributed by atoms with E-state index in [4.69, 9.17) is 14.2 Å². The van der Waals surface area contributed by atoms with Gasteiger partial charge >= 0.3 is 0 Å². The molecule has 0 saturated carbocycles. The molecule has 0 bridgehead atoms. The fourth-order valence-electron chi connectivity index (χ4n) is 10.2. The van der Waals surface area contributed by atoms with E-state index >= 15 is 0 Å². The average Bonchev–Trinajstić information content (AvgIpc) is 3.99. The van der Waals surface area contributed by atoms with Gasteiger partial charge in [0, 0.05) is 75.6 Å². The Hall–Kier alpha value is -5.88. The Morgan fingerprint density at radius 1 is 0.959 bits per heavy atom. The van der Waals surface area contributed by atoms with Gasteiger partial charge in [-0.05, 0) is 110 Å². The van der Waals surface area contributed by atoms with Crippen LogP contribution in [-0.4, -0.2) is 127 Å². The van der Waals surface area contributed by atoms with Crippen molar-refractivity contribution in [3.8, 4) is 27.3 Å². The molecule has 394 valence electrons. The molecule has 3 unspecified atom stereocenters. The van der Waals surface area contributed by atoms with Crippen LogP contribution >= 0.6 is 11.3 Å². The number of nitrogens with zero attached hydrogens (tertiary/aromatic N) is 3. The molecule has 5 N–H and O–H groups in total. The first-order valence-corrected chi connectivity index (χ1v) is 26.7. The highest BCUT2D eigenvalue weighted by Crippen LogP contribution is 2.35. The number of thiazole rings is 1. The number of carbonyl (C=O) groups excluding carboxylic acids is 5. The molecule has 73 heavy (non-hydrogen) atoms. The van der Waals surface area contributed by atoms with Crippen molar-refractivity contribution in [3.05, 3.63) is 88.6 Å². The van der Waals surface area contributed by atoms with Crippen LogP contribution in [0.5, 0.6) is 5.75 Å². The maximum absolute atomic E-state index is 14.1. The van der Waals surface area contributed by atoms with Crippen molar-refractivity contribution in [2.45, 2.75) is 124 Å². The molecule has 17 heteroatoms. The van der Waals surface area contributed by atoms with E-state index in [-0.39, 0.29) is 80.9 Å². The maximum atomic E-state index is 14.1. The van der Waals surface area contributed by atoms with Crippen LogP contribution in [0.25, 0.3) is 21.6 Å². The van der Waals surface area contributed by atoms with Gasteiger partial charge < -0.3 is 50.4 Å². The molecule has 5 amide bonds. The van der Waals surface area contributed by atoms with Crippen molar-refractivity contribution in [1.82, 2.24) is 31.2 Å². The minimum absolute atomic E-state index is 0.0226. The van der Waals surface area contributed by atoms with Gasteiger partial charge in [-0.25, -0.2) is 4.98 Å². The molecule has 6 atom stereocenters. The fraction of sp³-hybridized carbons (Fsp3) is 0.536. The van der Waals surface area contributed by atoms with E-state index in [1.165, 1.54) is 4.90 Å². The van der Waals surface area contributed by atoms with Crippen LogP contribution in [0.3, 0.4) is 0 Å². The number of piperidine rings is 1. The number of rotatable bonds is 20. The van der Waals surface area contributed by atoms with Gasteiger partial charge in [-0.15, -0.1) is 11.3 Å². The number of likely N-dealkylation sites (tertiary alicyclic amines) is 1. The summed E-state index contributed by atoms with van der Waals surface area (Å²) < 4.78 is 17.5. The summed E-state index contributed by atoms with van der Waals surface area (Å²) >= 11 is 1.57. The number of aliphatic hydroxyl groups is 1. The van der Waals surface area contributed by atoms with Crippen LogP contribution in [0.15, 0.2) is 66.2 Å². The molecule has 3 aliphatic rings. The number of aromatic nitrogens is 1. The molecular weight excluding hydrogens is 947 g/mol. The number of aliphatic hydroxyl groups excluding tert-OH is 1. The minimum atomic E-state index is -0.977. The van der Waals surface area contributed by atoms with Gasteiger partial charge in [0.25, 0.3) is 5.91 Å². The summed E-state index contributed by atoms with van der Waals surface area (Å²) in [7, 11) is 0. The Morgan fingerprint density at radius 2 is 1.67 bits per heavy atom. The lowest BCUT2D eigenvalue weighted by Gasteiger charge is -2.37. The normalized spacial score (nSPS) is 20.8. The Bertz CT molecular complexity index is 2540. The highest BCUT2D eigenvalue weighted by atomic mass is 32.1. The first-order chi connectivity index (χ1) is 34.9. The summed E-state index contributed by atoms with van der Waals surface area (Å²) in [5.74, 6) is -1.02. The lowest BCUT2D eigenvalue weighted by molar-refractivity contribution is -0.144.